The summed E-state index contributed by atoms with van der Waals surface area (Å²) >= 11 is 0. The van der Waals surface area contributed by atoms with Crippen molar-refractivity contribution < 1.29 is 69.2 Å². The molecule has 0 radical (unpaired) electrons. The third-order valence-electron chi connectivity index (χ3n) is 10.3. The highest BCUT2D eigenvalue weighted by molar-refractivity contribution is 6.03. The number of ether oxygens (including phenoxy) is 1. The van der Waals surface area contributed by atoms with E-state index in [1.807, 2.05) is 4.90 Å². The van der Waals surface area contributed by atoms with E-state index in [-0.39, 0.29) is 51.6 Å². The molecule has 21 heteroatoms. The first-order chi connectivity index (χ1) is 26.6. The average molecular weight is 815 g/mol. The van der Waals surface area contributed by atoms with E-state index < -0.39 is 47.6 Å². The second-order valence-corrected chi connectivity index (χ2v) is 14.2. The SMILES string of the molecule is C#Cc1c(F)ccc2cc(O)cc(-c3ncc4c(N5CC6C[C@@]6(N)C5)nc(OC[C@@]56CCCN5C[C@H](F)C6)nc4c3F)c12.O=C(O)C(F)(F)F.O=C(O)C(F)(F)F. The number of piperidine rings is 1. The van der Waals surface area contributed by atoms with Crippen molar-refractivity contribution in [3.05, 3.63) is 47.7 Å². The molecule has 1 aliphatic carbocycles. The van der Waals surface area contributed by atoms with Gasteiger partial charge in [0.1, 0.15) is 41.4 Å². The van der Waals surface area contributed by atoms with Gasteiger partial charge in [0, 0.05) is 48.7 Å². The molecule has 1 saturated carbocycles. The van der Waals surface area contributed by atoms with Crippen molar-refractivity contribution >= 4 is 39.4 Å². The first-order valence-electron chi connectivity index (χ1n) is 17.0. The van der Waals surface area contributed by atoms with Gasteiger partial charge in [-0.2, -0.15) is 36.3 Å². The number of hydrogen-bond acceptors (Lipinski definition) is 10. The molecule has 3 saturated heterocycles. The van der Waals surface area contributed by atoms with Gasteiger partial charge in [0.2, 0.25) is 0 Å². The van der Waals surface area contributed by atoms with Crippen LogP contribution in [0.5, 0.6) is 11.8 Å². The lowest BCUT2D eigenvalue weighted by Crippen LogP contribution is -2.43. The summed E-state index contributed by atoms with van der Waals surface area (Å²) in [5, 5.41) is 25.8. The molecule has 2 aromatic carbocycles. The van der Waals surface area contributed by atoms with Crippen LogP contribution in [-0.4, -0.2) is 109 Å². The van der Waals surface area contributed by atoms with Crippen LogP contribution in [0, 0.1) is 29.9 Å². The first-order valence-corrected chi connectivity index (χ1v) is 17.0. The van der Waals surface area contributed by atoms with Gasteiger partial charge in [0.05, 0.1) is 16.5 Å². The Labute approximate surface area is 316 Å². The number of halogens is 9. The van der Waals surface area contributed by atoms with E-state index in [1.54, 1.807) is 0 Å². The van der Waals surface area contributed by atoms with E-state index in [2.05, 4.69) is 20.8 Å². The molecule has 4 atom stereocenters. The largest absolute Gasteiger partial charge is 0.508 e. The molecule has 304 valence electrons. The Morgan fingerprint density at radius 3 is 2.30 bits per heavy atom. The van der Waals surface area contributed by atoms with E-state index in [9.17, 15) is 40.2 Å². The zero-order valence-electron chi connectivity index (χ0n) is 29.3. The van der Waals surface area contributed by atoms with Gasteiger partial charge in [-0.3, -0.25) is 9.88 Å². The predicted molar refractivity (Wildman–Crippen MR) is 183 cm³/mol. The van der Waals surface area contributed by atoms with E-state index in [4.69, 9.17) is 41.7 Å². The number of alkyl halides is 7. The number of carbonyl (C=O) groups is 2. The molecule has 1 unspecified atom stereocenters. The van der Waals surface area contributed by atoms with Gasteiger partial charge in [0.25, 0.3) is 0 Å². The summed E-state index contributed by atoms with van der Waals surface area (Å²) in [5.41, 5.74) is 5.63. The molecule has 0 amide bonds. The number of aliphatic carboxylic acids is 2. The highest BCUT2D eigenvalue weighted by atomic mass is 19.4. The molecule has 4 aliphatic rings. The molecule has 57 heavy (non-hydrogen) atoms. The number of carboxylic acid groups (broad SMARTS) is 2. The van der Waals surface area contributed by atoms with Gasteiger partial charge >= 0.3 is 30.3 Å². The maximum Gasteiger partial charge on any atom is 0.490 e. The number of aromatic nitrogens is 3. The highest BCUT2D eigenvalue weighted by Crippen LogP contribution is 2.49. The van der Waals surface area contributed by atoms with Gasteiger partial charge in [-0.15, -0.1) is 6.42 Å². The zero-order valence-corrected chi connectivity index (χ0v) is 29.3. The number of hydrogen-bond donors (Lipinski definition) is 4. The van der Waals surface area contributed by atoms with Crippen LogP contribution in [0.2, 0.25) is 0 Å². The Balaban J connectivity index is 0.000000338. The molecule has 4 fully saturated rings. The van der Waals surface area contributed by atoms with Crippen molar-refractivity contribution in [3.8, 4) is 35.4 Å². The topological polar surface area (TPSA) is 175 Å². The van der Waals surface area contributed by atoms with E-state index in [1.165, 1.54) is 30.5 Å². The summed E-state index contributed by atoms with van der Waals surface area (Å²) < 4.78 is 115. The first kappa shape index (κ1) is 41.0. The summed E-state index contributed by atoms with van der Waals surface area (Å²) in [6.07, 6.45) is -0.905. The van der Waals surface area contributed by atoms with Gasteiger partial charge in [-0.25, -0.2) is 22.8 Å². The van der Waals surface area contributed by atoms with Crippen molar-refractivity contribution in [2.75, 3.05) is 37.7 Å². The molecular weight excluding hydrogens is 783 g/mol. The number of phenols is 1. The van der Waals surface area contributed by atoms with Crippen molar-refractivity contribution in [2.24, 2.45) is 11.7 Å². The standard InChI is InChI=1S/C32H29F3N6O2.2C2HF3O2/c1-2-21-24(34)5-4-17-8-20(42)9-22(25(17)21)27-26(35)28-23(12-37-27)29(40-13-18-10-32(18,36)15-40)39-30(38-28)43-16-31-6-3-7-41(31)14-19(33)11-31;2*3-2(4,5)1(6)7/h1,4-5,8-9,12,18-19,42H,3,6-7,10-11,13-16,36H2;2*(H,6,7)/t18?,19-,31+,32-;;/m1../s1. The molecule has 5 heterocycles. The minimum absolute atomic E-state index is 0.0233. The molecule has 0 spiro atoms. The Hall–Kier alpha value is -5.62. The molecule has 12 nitrogen and oxygen atoms in total. The fourth-order valence-electron chi connectivity index (χ4n) is 7.60. The van der Waals surface area contributed by atoms with Crippen LogP contribution in [0.25, 0.3) is 32.9 Å². The van der Waals surface area contributed by atoms with Gasteiger partial charge < -0.3 is 30.7 Å². The number of nitrogens with two attached hydrogens (primary N) is 1. The number of phenolic OH excluding ortho intramolecular Hbond substituents is 1. The quantitative estimate of drug-likeness (QED) is 0.146. The average Bonchev–Trinajstić information content (AvgIpc) is 3.35. The predicted octanol–water partition coefficient (Wildman–Crippen LogP) is 5.57. The third-order valence-corrected chi connectivity index (χ3v) is 10.3. The molecule has 3 aliphatic heterocycles. The van der Waals surface area contributed by atoms with Crippen molar-refractivity contribution in [1.82, 2.24) is 19.9 Å². The smallest absolute Gasteiger partial charge is 0.490 e. The van der Waals surface area contributed by atoms with E-state index in [0.29, 0.717) is 48.6 Å². The van der Waals surface area contributed by atoms with E-state index in [0.717, 1.165) is 25.8 Å². The number of anilines is 1. The number of nitrogens with zero attached hydrogens (tertiary/aromatic N) is 5. The third kappa shape index (κ3) is 8.14. The van der Waals surface area contributed by atoms with Crippen LogP contribution < -0.4 is 15.4 Å². The number of pyridine rings is 1. The second-order valence-electron chi connectivity index (χ2n) is 14.2. The molecule has 4 aromatic rings. The minimum Gasteiger partial charge on any atom is -0.508 e. The van der Waals surface area contributed by atoms with Crippen LogP contribution in [0.3, 0.4) is 0 Å². The zero-order chi connectivity index (χ0) is 41.8. The van der Waals surface area contributed by atoms with Crippen LogP contribution in [-0.2, 0) is 9.59 Å². The van der Waals surface area contributed by atoms with Gasteiger partial charge in [0.15, 0.2) is 5.82 Å². The lowest BCUT2D eigenvalue weighted by Gasteiger charge is -2.31. The van der Waals surface area contributed by atoms with Crippen molar-refractivity contribution in [2.45, 2.75) is 55.3 Å². The fraction of sp³-hybridized carbons (Fsp3) is 0.417. The monoisotopic (exact) mass is 814 g/mol. The lowest BCUT2D eigenvalue weighted by atomic mass is 9.95. The highest BCUT2D eigenvalue weighted by Gasteiger charge is 2.58. The number of aromatic hydroxyl groups is 1. The molecular formula is C36H31F9N6O6. The van der Waals surface area contributed by atoms with Crippen molar-refractivity contribution in [3.63, 3.8) is 0 Å². The van der Waals surface area contributed by atoms with Crippen LogP contribution in [0.4, 0.5) is 45.3 Å². The Kier molecular flexibility index (Phi) is 10.6. The Morgan fingerprint density at radius 2 is 1.70 bits per heavy atom. The fourth-order valence-corrected chi connectivity index (χ4v) is 7.60. The lowest BCUT2D eigenvalue weighted by molar-refractivity contribution is -0.193. The van der Waals surface area contributed by atoms with E-state index >= 15 is 4.39 Å². The minimum atomic E-state index is -5.08. The molecule has 5 N–H and O–H groups in total. The summed E-state index contributed by atoms with van der Waals surface area (Å²) in [5.74, 6) is -3.97. The maximum absolute atomic E-state index is 16.6. The Morgan fingerprint density at radius 1 is 1.04 bits per heavy atom. The summed E-state index contributed by atoms with van der Waals surface area (Å²) in [7, 11) is 0. The molecule has 8 rings (SSSR count). The summed E-state index contributed by atoms with van der Waals surface area (Å²) in [4.78, 5) is 35.6. The van der Waals surface area contributed by atoms with Gasteiger partial charge in [-0.1, -0.05) is 12.0 Å². The Bertz CT molecular complexity index is 2280. The number of rotatable bonds is 5. The number of benzene rings is 2. The van der Waals surface area contributed by atoms with Crippen LogP contribution >= 0.6 is 0 Å². The van der Waals surface area contributed by atoms with Crippen LogP contribution in [0.15, 0.2) is 30.5 Å². The maximum atomic E-state index is 16.6. The molecule has 0 bridgehead atoms. The summed E-state index contributed by atoms with van der Waals surface area (Å²) in [6, 6.07) is 5.40. The van der Waals surface area contributed by atoms with Crippen molar-refractivity contribution in [1.29, 1.82) is 0 Å². The normalized spacial score (nSPS) is 23.8. The number of carboxylic acids is 2. The second kappa shape index (κ2) is 14.7. The van der Waals surface area contributed by atoms with Gasteiger partial charge in [-0.05, 0) is 55.3 Å². The van der Waals surface area contributed by atoms with Crippen LogP contribution in [0.1, 0.15) is 31.2 Å². The number of fused-ring (bicyclic) bond motifs is 4. The molecule has 2 aromatic heterocycles. The summed E-state index contributed by atoms with van der Waals surface area (Å²) in [6.45, 7) is 2.58. The number of terminal acetylenes is 1.